The predicted molar refractivity (Wildman–Crippen MR) is 52.9 cm³/mol. The van der Waals surface area contributed by atoms with Gasteiger partial charge in [-0.1, -0.05) is 0 Å². The van der Waals surface area contributed by atoms with E-state index in [9.17, 15) is 4.39 Å². The molecule has 0 saturated heterocycles. The van der Waals surface area contributed by atoms with Crippen LogP contribution in [-0.4, -0.2) is 11.1 Å². The number of aromatic nitrogens is 1. The minimum absolute atomic E-state index is 0.0292. The second-order valence-electron chi connectivity index (χ2n) is 2.80. The molecule has 2 heterocycles. The summed E-state index contributed by atoms with van der Waals surface area (Å²) >= 11 is 2.18. The Bertz CT molecular complexity index is 433. The molecule has 12 heavy (non-hydrogen) atoms. The summed E-state index contributed by atoms with van der Waals surface area (Å²) in [5.74, 6) is -0.0292. The van der Waals surface area contributed by atoms with Crippen LogP contribution in [-0.2, 0) is 7.05 Å². The highest BCUT2D eigenvalue weighted by molar-refractivity contribution is 14.1. The Morgan fingerprint density at radius 3 is 3.08 bits per heavy atom. The first kappa shape index (κ1) is 8.22. The van der Waals surface area contributed by atoms with E-state index in [0.717, 1.165) is 9.19 Å². The van der Waals surface area contributed by atoms with E-state index in [4.69, 9.17) is 0 Å². The maximum atomic E-state index is 13.2. The Morgan fingerprint density at radius 1 is 1.67 bits per heavy atom. The molecule has 0 bridgehead atoms. The number of hydrogen-bond donors (Lipinski definition) is 0. The van der Waals surface area contributed by atoms with Gasteiger partial charge in [-0.15, -0.1) is 0 Å². The lowest BCUT2D eigenvalue weighted by atomic mass is 10.3. The Balaban J connectivity index is 2.94. The van der Waals surface area contributed by atoms with Gasteiger partial charge in [-0.25, -0.2) is 4.39 Å². The fourth-order valence-corrected chi connectivity index (χ4v) is 1.89. The molecule has 0 fully saturated rings. The fraction of sp³-hybridized carbons (Fsp3) is 0.375. The molecule has 4 heteroatoms. The van der Waals surface area contributed by atoms with Crippen LogP contribution in [0.1, 0.15) is 6.42 Å². The largest absolute Gasteiger partial charge is 0.324 e. The highest BCUT2D eigenvalue weighted by Crippen LogP contribution is 2.05. The molecule has 1 aliphatic heterocycles. The number of hydrogen-bond acceptors (Lipinski definition) is 1. The van der Waals surface area contributed by atoms with Crippen molar-refractivity contribution in [1.29, 1.82) is 0 Å². The molecule has 0 N–H and O–H groups in total. The molecule has 0 unspecified atom stereocenters. The molecule has 1 aromatic heterocycles. The zero-order chi connectivity index (χ0) is 8.72. The molecule has 0 aliphatic carbocycles. The van der Waals surface area contributed by atoms with Crippen LogP contribution in [0.2, 0.25) is 0 Å². The third kappa shape index (κ3) is 1.09. The summed E-state index contributed by atoms with van der Waals surface area (Å²) in [7, 11) is 1.91. The van der Waals surface area contributed by atoms with E-state index in [1.54, 1.807) is 0 Å². The van der Waals surface area contributed by atoms with Gasteiger partial charge in [0, 0.05) is 20.0 Å². The monoisotopic (exact) mass is 278 g/mol. The van der Waals surface area contributed by atoms with E-state index in [1.807, 2.05) is 17.7 Å². The highest BCUT2D eigenvalue weighted by Gasteiger charge is 2.08. The first-order valence-corrected chi connectivity index (χ1v) is 4.82. The average molecular weight is 278 g/mol. The second-order valence-corrected chi connectivity index (χ2v) is 3.91. The summed E-state index contributed by atoms with van der Waals surface area (Å²) in [5, 5.41) is 0.674. The maximum Gasteiger partial charge on any atom is 0.138 e. The van der Waals surface area contributed by atoms with Gasteiger partial charge in [0.25, 0.3) is 0 Å². The summed E-state index contributed by atoms with van der Waals surface area (Å²) in [6.07, 6.45) is 0.451. The molecule has 2 nitrogen and oxygen atoms in total. The van der Waals surface area contributed by atoms with Crippen molar-refractivity contribution in [3.63, 3.8) is 0 Å². The van der Waals surface area contributed by atoms with E-state index >= 15 is 0 Å². The van der Waals surface area contributed by atoms with Crippen molar-refractivity contribution in [2.24, 2.45) is 12.0 Å². The third-order valence-electron chi connectivity index (χ3n) is 2.03. The van der Waals surface area contributed by atoms with Gasteiger partial charge >= 0.3 is 0 Å². The summed E-state index contributed by atoms with van der Waals surface area (Å²) in [6, 6.07) is 1.84. The molecular formula is C8H8FIN2. The predicted octanol–water partition coefficient (Wildman–Crippen LogP) is 0.731. The van der Waals surface area contributed by atoms with Gasteiger partial charge in [0.2, 0.25) is 0 Å². The topological polar surface area (TPSA) is 17.3 Å². The Kier molecular flexibility index (Phi) is 1.94. The van der Waals surface area contributed by atoms with E-state index < -0.39 is 0 Å². The van der Waals surface area contributed by atoms with Gasteiger partial charge in [0.15, 0.2) is 0 Å². The molecular weight excluding hydrogens is 270 g/mol. The second kappa shape index (κ2) is 2.83. The smallest absolute Gasteiger partial charge is 0.138 e. The number of rotatable bonds is 0. The Morgan fingerprint density at radius 2 is 2.42 bits per heavy atom. The zero-order valence-corrected chi connectivity index (χ0v) is 8.80. The summed E-state index contributed by atoms with van der Waals surface area (Å²) < 4.78 is 16.1. The lowest BCUT2D eigenvalue weighted by Gasteiger charge is -1.99. The number of fused-ring (bicyclic) bond motifs is 1. The van der Waals surface area contributed by atoms with Crippen LogP contribution in [0, 0.1) is 3.70 Å². The van der Waals surface area contributed by atoms with Crippen molar-refractivity contribution in [3.8, 4) is 0 Å². The third-order valence-corrected chi connectivity index (χ3v) is 3.06. The van der Waals surface area contributed by atoms with Gasteiger partial charge in [-0.2, -0.15) is 0 Å². The first-order chi connectivity index (χ1) is 5.70. The van der Waals surface area contributed by atoms with Crippen molar-refractivity contribution < 1.29 is 4.39 Å². The van der Waals surface area contributed by atoms with Crippen LogP contribution in [0.25, 0.3) is 5.83 Å². The molecule has 1 aromatic rings. The van der Waals surface area contributed by atoms with Crippen LogP contribution < -0.4 is 10.7 Å². The van der Waals surface area contributed by atoms with Crippen LogP contribution in [0.4, 0.5) is 4.39 Å². The minimum Gasteiger partial charge on any atom is -0.324 e. The molecule has 0 radical (unpaired) electrons. The highest BCUT2D eigenvalue weighted by atomic mass is 127. The maximum absolute atomic E-state index is 13.2. The molecule has 2 rings (SSSR count). The minimum atomic E-state index is -0.0292. The van der Waals surface area contributed by atoms with Gasteiger partial charge in [-0.3, -0.25) is 4.99 Å². The quantitative estimate of drug-likeness (QED) is 0.623. The SMILES string of the molecule is Cn1c(I)cc2c1=NCCC=2F. The van der Waals surface area contributed by atoms with Crippen molar-refractivity contribution >= 4 is 28.4 Å². The van der Waals surface area contributed by atoms with E-state index in [1.165, 1.54) is 0 Å². The lowest BCUT2D eigenvalue weighted by Crippen LogP contribution is -2.32. The Hall–Kier alpha value is -0.390. The molecule has 0 amide bonds. The molecule has 0 spiro atoms. The molecule has 0 saturated carbocycles. The number of nitrogens with zero attached hydrogens (tertiary/aromatic N) is 2. The van der Waals surface area contributed by atoms with Crippen LogP contribution >= 0.6 is 22.6 Å². The Labute approximate surface area is 82.9 Å². The lowest BCUT2D eigenvalue weighted by molar-refractivity contribution is 0.671. The summed E-state index contributed by atoms with van der Waals surface area (Å²) in [4.78, 5) is 4.26. The standard InChI is InChI=1S/C8H8FIN2/c1-12-7(10)4-5-6(9)2-3-11-8(5)12/h4H,2-3H2,1H3. The van der Waals surface area contributed by atoms with Gasteiger partial charge < -0.3 is 4.57 Å². The fourth-order valence-electron chi connectivity index (χ4n) is 1.35. The number of halogens is 2. The van der Waals surface area contributed by atoms with Crippen molar-refractivity contribution in [1.82, 2.24) is 4.57 Å². The molecule has 1 aliphatic rings. The van der Waals surface area contributed by atoms with Crippen molar-refractivity contribution in [3.05, 3.63) is 20.5 Å². The van der Waals surface area contributed by atoms with E-state index in [2.05, 4.69) is 27.6 Å². The van der Waals surface area contributed by atoms with Crippen molar-refractivity contribution in [2.75, 3.05) is 6.54 Å². The van der Waals surface area contributed by atoms with Crippen LogP contribution in [0.15, 0.2) is 11.1 Å². The first-order valence-electron chi connectivity index (χ1n) is 3.74. The van der Waals surface area contributed by atoms with Crippen LogP contribution in [0.5, 0.6) is 0 Å². The zero-order valence-electron chi connectivity index (χ0n) is 6.64. The molecule has 0 atom stereocenters. The summed E-state index contributed by atoms with van der Waals surface area (Å²) in [6.45, 7) is 0.576. The normalized spacial score (nSPS) is 15.8. The van der Waals surface area contributed by atoms with Crippen LogP contribution in [0.3, 0.4) is 0 Å². The summed E-state index contributed by atoms with van der Waals surface area (Å²) in [5.41, 5.74) is 0.781. The molecule has 0 aromatic carbocycles. The van der Waals surface area contributed by atoms with Crippen molar-refractivity contribution in [2.45, 2.75) is 6.42 Å². The van der Waals surface area contributed by atoms with Gasteiger partial charge in [0.05, 0.1) is 8.92 Å². The van der Waals surface area contributed by atoms with Gasteiger partial charge in [0.1, 0.15) is 11.3 Å². The van der Waals surface area contributed by atoms with E-state index in [-0.39, 0.29) is 5.83 Å². The van der Waals surface area contributed by atoms with E-state index in [0.29, 0.717) is 18.2 Å². The average Bonchev–Trinajstić information content (AvgIpc) is 2.32. The molecule has 64 valence electrons. The van der Waals surface area contributed by atoms with Gasteiger partial charge in [-0.05, 0) is 28.7 Å².